The van der Waals surface area contributed by atoms with Crippen molar-refractivity contribution >= 4 is 27.4 Å². The number of benzene rings is 2. The maximum atomic E-state index is 13.8. The van der Waals surface area contributed by atoms with Gasteiger partial charge in [0.05, 0.1) is 28.4 Å². The minimum absolute atomic E-state index is 0.110. The van der Waals surface area contributed by atoms with Crippen LogP contribution in [0.15, 0.2) is 70.7 Å². The van der Waals surface area contributed by atoms with Crippen molar-refractivity contribution in [1.82, 2.24) is 10.4 Å². The van der Waals surface area contributed by atoms with E-state index in [-0.39, 0.29) is 19.0 Å². The lowest BCUT2D eigenvalue weighted by Crippen LogP contribution is -2.43. The van der Waals surface area contributed by atoms with Gasteiger partial charge in [0.1, 0.15) is 17.7 Å². The lowest BCUT2D eigenvalue weighted by Gasteiger charge is -2.36. The monoisotopic (exact) mass is 561 g/mol. The Morgan fingerprint density at radius 3 is 2.62 bits per heavy atom. The molecule has 1 N–H and O–H groups in total. The van der Waals surface area contributed by atoms with Crippen LogP contribution in [0.4, 0.5) is 24.7 Å². The molecule has 1 aromatic heterocycles. The molecule has 3 heterocycles. The van der Waals surface area contributed by atoms with Crippen LogP contribution in [0.3, 0.4) is 0 Å². The third-order valence-electron chi connectivity index (χ3n) is 6.32. The second-order valence-corrected chi connectivity index (χ2v) is 11.1. The molecule has 2 aliphatic rings. The zero-order valence-electron chi connectivity index (χ0n) is 21.1. The van der Waals surface area contributed by atoms with Gasteiger partial charge in [0.15, 0.2) is 6.73 Å². The molecular formula is C26H26F3N5O4S. The molecule has 1 atom stereocenters. The summed E-state index contributed by atoms with van der Waals surface area (Å²) in [5.74, 6) is 1.47. The summed E-state index contributed by atoms with van der Waals surface area (Å²) >= 11 is 0. The molecule has 39 heavy (non-hydrogen) atoms. The molecule has 0 fully saturated rings. The van der Waals surface area contributed by atoms with Gasteiger partial charge < -0.3 is 14.4 Å². The largest absolute Gasteiger partial charge is 0.486 e. The number of rotatable bonds is 7. The van der Waals surface area contributed by atoms with Crippen LogP contribution in [-0.4, -0.2) is 52.8 Å². The number of sulfonamides is 1. The Labute approximate surface area is 223 Å². The van der Waals surface area contributed by atoms with Crippen LogP contribution in [-0.2, 0) is 20.9 Å². The summed E-state index contributed by atoms with van der Waals surface area (Å²) in [5, 5.41) is 4.02. The first-order valence-electron chi connectivity index (χ1n) is 12.1. The molecule has 1 unspecified atom stereocenters. The molecule has 3 aromatic rings. The zero-order valence-corrected chi connectivity index (χ0v) is 22.0. The fraction of sp³-hybridized carbons (Fsp3) is 0.308. The second kappa shape index (κ2) is 10.3. The van der Waals surface area contributed by atoms with Crippen LogP contribution >= 0.6 is 0 Å². The lowest BCUT2D eigenvalue weighted by molar-refractivity contribution is -0.137. The van der Waals surface area contributed by atoms with Crippen molar-refractivity contribution in [3.8, 4) is 17.0 Å². The fourth-order valence-electron chi connectivity index (χ4n) is 4.32. The van der Waals surface area contributed by atoms with Crippen molar-refractivity contribution in [2.45, 2.75) is 30.0 Å². The molecule has 0 bridgehead atoms. The van der Waals surface area contributed by atoms with E-state index >= 15 is 0 Å². The number of ether oxygens (including phenoxy) is 2. The maximum absolute atomic E-state index is 13.8. The van der Waals surface area contributed by atoms with E-state index in [1.165, 1.54) is 0 Å². The molecule has 0 aliphatic carbocycles. The SMILES string of the molecule is CN(C)c1cccc(-c2ccc3c(c2)N(S(=O)(=O)c2cccc(C(F)(F)F)c2)CC(CCC2=NNCO2)O3)n1. The molecule has 9 nitrogen and oxygen atoms in total. The minimum atomic E-state index is -4.69. The molecule has 2 aromatic carbocycles. The van der Waals surface area contributed by atoms with E-state index in [1.54, 1.807) is 24.3 Å². The number of hydrazone groups is 1. The van der Waals surface area contributed by atoms with Crippen molar-refractivity contribution in [2.75, 3.05) is 36.6 Å². The van der Waals surface area contributed by atoms with Gasteiger partial charge in [-0.3, -0.25) is 9.73 Å². The minimum Gasteiger partial charge on any atom is -0.486 e. The van der Waals surface area contributed by atoms with E-state index in [1.807, 2.05) is 31.1 Å². The number of hydrogen-bond acceptors (Lipinski definition) is 8. The third-order valence-corrected chi connectivity index (χ3v) is 8.09. The number of pyridine rings is 1. The highest BCUT2D eigenvalue weighted by atomic mass is 32.2. The standard InChI is InChI=1S/C26H26F3N5O4S/c1-33(2)24-8-4-7-21(31-24)17-9-11-23-22(13-17)34(15-19(38-23)10-12-25-32-30-16-37-25)39(35,36)20-6-3-5-18(14-20)26(27,28)29/h3-9,11,13-14,19,30H,10,12,15-16H2,1-2H3. The Kier molecular flexibility index (Phi) is 7.02. The number of anilines is 2. The van der Waals surface area contributed by atoms with Crippen LogP contribution in [0, 0.1) is 0 Å². The van der Waals surface area contributed by atoms with E-state index < -0.39 is 32.8 Å². The van der Waals surface area contributed by atoms with Gasteiger partial charge in [-0.15, -0.1) is 5.10 Å². The van der Waals surface area contributed by atoms with Gasteiger partial charge in [0, 0.05) is 26.1 Å². The van der Waals surface area contributed by atoms with Crippen LogP contribution in [0.2, 0.25) is 0 Å². The molecule has 13 heteroatoms. The number of halogens is 3. The van der Waals surface area contributed by atoms with E-state index in [4.69, 9.17) is 9.47 Å². The van der Waals surface area contributed by atoms with Crippen molar-refractivity contribution in [3.05, 3.63) is 66.2 Å². The summed E-state index contributed by atoms with van der Waals surface area (Å²) in [4.78, 5) is 6.00. The molecule has 0 saturated carbocycles. The Bertz CT molecular complexity index is 1510. The van der Waals surface area contributed by atoms with Crippen LogP contribution in [0.25, 0.3) is 11.3 Å². The summed E-state index contributed by atoms with van der Waals surface area (Å²) in [6.45, 7) is 0.145. The van der Waals surface area contributed by atoms with E-state index in [2.05, 4.69) is 15.5 Å². The molecule has 0 radical (unpaired) electrons. The summed E-state index contributed by atoms with van der Waals surface area (Å²) in [6, 6.07) is 14.3. The summed E-state index contributed by atoms with van der Waals surface area (Å²) in [6.07, 6.45) is -4.51. The second-order valence-electron chi connectivity index (χ2n) is 9.25. The highest BCUT2D eigenvalue weighted by Gasteiger charge is 2.37. The molecular weight excluding hydrogens is 535 g/mol. The Balaban J connectivity index is 1.55. The predicted octanol–water partition coefficient (Wildman–Crippen LogP) is 4.46. The quantitative estimate of drug-likeness (QED) is 0.455. The summed E-state index contributed by atoms with van der Waals surface area (Å²) in [5.41, 5.74) is 3.10. The summed E-state index contributed by atoms with van der Waals surface area (Å²) < 4.78 is 80.5. The number of nitrogens with one attached hydrogen (secondary N) is 1. The highest BCUT2D eigenvalue weighted by Crippen LogP contribution is 2.41. The molecule has 5 rings (SSSR count). The van der Waals surface area contributed by atoms with Crippen molar-refractivity contribution in [2.24, 2.45) is 5.10 Å². The number of hydrogen-bond donors (Lipinski definition) is 1. The number of alkyl halides is 3. The number of aromatic nitrogens is 1. The normalized spacial score (nSPS) is 17.0. The maximum Gasteiger partial charge on any atom is 0.416 e. The fourth-order valence-corrected chi connectivity index (χ4v) is 5.87. The lowest BCUT2D eigenvalue weighted by atomic mass is 10.1. The van der Waals surface area contributed by atoms with Gasteiger partial charge in [0.25, 0.3) is 10.0 Å². The smallest absolute Gasteiger partial charge is 0.416 e. The van der Waals surface area contributed by atoms with Crippen LogP contribution < -0.4 is 19.4 Å². The van der Waals surface area contributed by atoms with Crippen molar-refractivity contribution in [3.63, 3.8) is 0 Å². The van der Waals surface area contributed by atoms with Gasteiger partial charge in [-0.1, -0.05) is 12.1 Å². The predicted molar refractivity (Wildman–Crippen MR) is 140 cm³/mol. The first-order chi connectivity index (χ1) is 18.5. The van der Waals surface area contributed by atoms with Crippen molar-refractivity contribution in [1.29, 1.82) is 0 Å². The molecule has 2 aliphatic heterocycles. The first-order valence-corrected chi connectivity index (χ1v) is 13.5. The highest BCUT2D eigenvalue weighted by molar-refractivity contribution is 7.92. The molecule has 0 saturated heterocycles. The zero-order chi connectivity index (χ0) is 27.8. The molecule has 0 amide bonds. The van der Waals surface area contributed by atoms with E-state index in [0.717, 1.165) is 22.5 Å². The van der Waals surface area contributed by atoms with Gasteiger partial charge >= 0.3 is 6.18 Å². The Morgan fingerprint density at radius 2 is 1.90 bits per heavy atom. The average Bonchev–Trinajstić information content (AvgIpc) is 3.44. The Morgan fingerprint density at radius 1 is 1.10 bits per heavy atom. The topological polar surface area (TPSA) is 96.4 Å². The molecule has 206 valence electrons. The first kappa shape index (κ1) is 26.6. The number of fused-ring (bicyclic) bond motifs is 1. The van der Waals surface area contributed by atoms with Gasteiger partial charge in [-0.05, 0) is 55.0 Å². The van der Waals surface area contributed by atoms with Gasteiger partial charge in [-0.25, -0.2) is 13.4 Å². The van der Waals surface area contributed by atoms with E-state index in [9.17, 15) is 21.6 Å². The third kappa shape index (κ3) is 5.58. The van der Waals surface area contributed by atoms with Crippen LogP contribution in [0.5, 0.6) is 5.75 Å². The van der Waals surface area contributed by atoms with Crippen molar-refractivity contribution < 1.29 is 31.1 Å². The van der Waals surface area contributed by atoms with Crippen LogP contribution in [0.1, 0.15) is 18.4 Å². The average molecular weight is 562 g/mol. The van der Waals surface area contributed by atoms with E-state index in [0.29, 0.717) is 47.6 Å². The Hall–Kier alpha value is -4.00. The van der Waals surface area contributed by atoms with Gasteiger partial charge in [0.2, 0.25) is 5.90 Å². The summed E-state index contributed by atoms with van der Waals surface area (Å²) in [7, 11) is -0.687. The van der Waals surface area contributed by atoms with Gasteiger partial charge in [-0.2, -0.15) is 13.2 Å². The molecule has 0 spiro atoms. The number of nitrogens with zero attached hydrogens (tertiary/aromatic N) is 4.